The average Bonchev–Trinajstić information content (AvgIpc) is 2.76. The number of rotatable bonds is 5. The van der Waals surface area contributed by atoms with E-state index in [0.29, 0.717) is 23.9 Å². The third-order valence-corrected chi connectivity index (χ3v) is 5.29. The van der Waals surface area contributed by atoms with Crippen LogP contribution in [0.25, 0.3) is 22.2 Å². The van der Waals surface area contributed by atoms with Crippen LogP contribution in [0.4, 0.5) is 4.39 Å². The van der Waals surface area contributed by atoms with Crippen molar-refractivity contribution in [2.24, 2.45) is 0 Å². The number of hydrogen-bond donors (Lipinski definition) is 0. The van der Waals surface area contributed by atoms with Gasteiger partial charge in [0, 0.05) is 10.9 Å². The van der Waals surface area contributed by atoms with E-state index >= 15 is 0 Å². The molecular formula is C25H23FN2O2. The van der Waals surface area contributed by atoms with Crippen molar-refractivity contribution in [1.82, 2.24) is 9.55 Å². The fraction of sp³-hybridized carbons (Fsp3) is 0.200. The Balaban J connectivity index is 1.89. The van der Waals surface area contributed by atoms with E-state index in [0.717, 1.165) is 22.0 Å². The molecule has 0 unspecified atom stereocenters. The maximum atomic E-state index is 13.3. The number of ether oxygens (including phenoxy) is 1. The number of fused-ring (bicyclic) bond motifs is 1. The summed E-state index contributed by atoms with van der Waals surface area (Å²) in [5.41, 5.74) is 3.96. The van der Waals surface area contributed by atoms with Gasteiger partial charge in [-0.15, -0.1) is 0 Å². The van der Waals surface area contributed by atoms with Crippen molar-refractivity contribution in [3.05, 3.63) is 94.2 Å². The molecule has 4 rings (SSSR count). The minimum Gasteiger partial charge on any atom is -0.497 e. The Labute approximate surface area is 174 Å². The van der Waals surface area contributed by atoms with Crippen LogP contribution >= 0.6 is 0 Å². The summed E-state index contributed by atoms with van der Waals surface area (Å²) in [5.74, 6) is 0.808. The van der Waals surface area contributed by atoms with Gasteiger partial charge < -0.3 is 4.74 Å². The number of nitrogens with zero attached hydrogens (tertiary/aromatic N) is 2. The fourth-order valence-electron chi connectivity index (χ4n) is 3.56. The van der Waals surface area contributed by atoms with Gasteiger partial charge >= 0.3 is 5.69 Å². The second kappa shape index (κ2) is 8.11. The second-order valence-electron chi connectivity index (χ2n) is 7.62. The van der Waals surface area contributed by atoms with E-state index in [1.165, 1.54) is 17.7 Å². The van der Waals surface area contributed by atoms with Crippen LogP contribution in [0.5, 0.6) is 5.75 Å². The minimum absolute atomic E-state index is 0.306. The molecule has 30 heavy (non-hydrogen) atoms. The lowest BCUT2D eigenvalue weighted by atomic mass is 9.99. The van der Waals surface area contributed by atoms with E-state index < -0.39 is 0 Å². The molecule has 1 aromatic heterocycles. The van der Waals surface area contributed by atoms with Crippen LogP contribution in [0, 0.1) is 5.82 Å². The topological polar surface area (TPSA) is 44.1 Å². The number of aromatic nitrogens is 2. The van der Waals surface area contributed by atoms with Gasteiger partial charge in [-0.2, -0.15) is 4.98 Å². The van der Waals surface area contributed by atoms with Gasteiger partial charge in [-0.3, -0.25) is 4.57 Å². The van der Waals surface area contributed by atoms with E-state index in [1.807, 2.05) is 30.3 Å². The highest BCUT2D eigenvalue weighted by molar-refractivity contribution is 5.93. The van der Waals surface area contributed by atoms with Crippen LogP contribution in [0.3, 0.4) is 0 Å². The number of hydrogen-bond acceptors (Lipinski definition) is 3. The van der Waals surface area contributed by atoms with Gasteiger partial charge in [0.25, 0.3) is 0 Å². The molecule has 0 radical (unpaired) electrons. The van der Waals surface area contributed by atoms with Gasteiger partial charge in [0.15, 0.2) is 0 Å². The standard InChI is InChI=1S/C25H23FN2O2/c1-16(2)18-6-8-19(9-7-18)24-22-14-21(30-3)12-13-23(22)28(25(29)27-24)15-17-4-10-20(26)11-5-17/h4-14,16H,15H2,1-3H3. The zero-order chi connectivity index (χ0) is 21.3. The second-order valence-corrected chi connectivity index (χ2v) is 7.62. The summed E-state index contributed by atoms with van der Waals surface area (Å²) >= 11 is 0. The summed E-state index contributed by atoms with van der Waals surface area (Å²) < 4.78 is 20.3. The highest BCUT2D eigenvalue weighted by Gasteiger charge is 2.14. The van der Waals surface area contributed by atoms with Gasteiger partial charge in [-0.25, -0.2) is 9.18 Å². The molecule has 1 heterocycles. The van der Waals surface area contributed by atoms with Crippen LogP contribution in [0.15, 0.2) is 71.5 Å². The highest BCUT2D eigenvalue weighted by Crippen LogP contribution is 2.30. The Bertz CT molecular complexity index is 1240. The van der Waals surface area contributed by atoms with Crippen molar-refractivity contribution in [3.8, 4) is 17.0 Å². The van der Waals surface area contributed by atoms with Crippen molar-refractivity contribution in [1.29, 1.82) is 0 Å². The summed E-state index contributed by atoms with van der Waals surface area (Å²) in [6.07, 6.45) is 0. The lowest BCUT2D eigenvalue weighted by molar-refractivity contribution is 0.415. The molecular weight excluding hydrogens is 379 g/mol. The molecule has 0 N–H and O–H groups in total. The molecule has 4 nitrogen and oxygen atoms in total. The van der Waals surface area contributed by atoms with E-state index in [2.05, 4.69) is 31.0 Å². The van der Waals surface area contributed by atoms with Crippen molar-refractivity contribution >= 4 is 10.9 Å². The molecule has 5 heteroatoms. The number of methoxy groups -OCH3 is 1. The third kappa shape index (κ3) is 3.83. The molecule has 152 valence electrons. The summed E-state index contributed by atoms with van der Waals surface area (Å²) in [7, 11) is 1.61. The van der Waals surface area contributed by atoms with Gasteiger partial charge in [-0.1, -0.05) is 50.2 Å². The summed E-state index contributed by atoms with van der Waals surface area (Å²) in [6, 6.07) is 19.9. The first-order chi connectivity index (χ1) is 14.5. The van der Waals surface area contributed by atoms with E-state index in [4.69, 9.17) is 4.74 Å². The van der Waals surface area contributed by atoms with Gasteiger partial charge in [0.05, 0.1) is 24.9 Å². The molecule has 4 aromatic rings. The smallest absolute Gasteiger partial charge is 0.348 e. The molecule has 3 aromatic carbocycles. The molecule has 0 atom stereocenters. The molecule has 0 amide bonds. The molecule has 0 bridgehead atoms. The first-order valence-electron chi connectivity index (χ1n) is 9.89. The van der Waals surface area contributed by atoms with E-state index in [1.54, 1.807) is 23.8 Å². The van der Waals surface area contributed by atoms with E-state index in [9.17, 15) is 9.18 Å². The molecule has 0 fully saturated rings. The summed E-state index contributed by atoms with van der Waals surface area (Å²) in [5, 5.41) is 0.827. The molecule has 0 saturated heterocycles. The largest absolute Gasteiger partial charge is 0.497 e. The predicted octanol–water partition coefficient (Wildman–Crippen LogP) is 5.38. The van der Waals surface area contributed by atoms with Crippen molar-refractivity contribution in [2.45, 2.75) is 26.3 Å². The zero-order valence-corrected chi connectivity index (χ0v) is 17.2. The Hall–Kier alpha value is -3.47. The van der Waals surface area contributed by atoms with Gasteiger partial charge in [0.1, 0.15) is 11.6 Å². The van der Waals surface area contributed by atoms with Crippen LogP contribution in [-0.2, 0) is 6.54 Å². The quantitative estimate of drug-likeness (QED) is 0.450. The zero-order valence-electron chi connectivity index (χ0n) is 17.2. The molecule has 0 saturated carbocycles. The predicted molar refractivity (Wildman–Crippen MR) is 118 cm³/mol. The normalized spacial score (nSPS) is 11.2. The summed E-state index contributed by atoms with van der Waals surface area (Å²) in [4.78, 5) is 17.4. The van der Waals surface area contributed by atoms with Crippen LogP contribution < -0.4 is 10.4 Å². The van der Waals surface area contributed by atoms with Gasteiger partial charge in [-0.05, 0) is 47.4 Å². The lowest BCUT2D eigenvalue weighted by Gasteiger charge is -2.14. The Morgan fingerprint density at radius 3 is 2.33 bits per heavy atom. The maximum Gasteiger partial charge on any atom is 0.348 e. The maximum absolute atomic E-state index is 13.3. The third-order valence-electron chi connectivity index (χ3n) is 5.29. The summed E-state index contributed by atoms with van der Waals surface area (Å²) in [6.45, 7) is 4.59. The lowest BCUT2D eigenvalue weighted by Crippen LogP contribution is -2.24. The first kappa shape index (κ1) is 19.8. The molecule has 0 aliphatic heterocycles. The number of halogens is 1. The van der Waals surface area contributed by atoms with Crippen molar-refractivity contribution < 1.29 is 9.13 Å². The fourth-order valence-corrected chi connectivity index (χ4v) is 3.56. The monoisotopic (exact) mass is 402 g/mol. The molecule has 0 aliphatic carbocycles. The van der Waals surface area contributed by atoms with Crippen molar-refractivity contribution in [2.75, 3.05) is 7.11 Å². The Morgan fingerprint density at radius 1 is 1.00 bits per heavy atom. The van der Waals surface area contributed by atoms with Crippen LogP contribution in [0.2, 0.25) is 0 Å². The van der Waals surface area contributed by atoms with Crippen LogP contribution in [-0.4, -0.2) is 16.7 Å². The van der Waals surface area contributed by atoms with Crippen LogP contribution in [0.1, 0.15) is 30.9 Å². The minimum atomic E-state index is -0.347. The first-order valence-corrected chi connectivity index (χ1v) is 9.89. The van der Waals surface area contributed by atoms with Crippen molar-refractivity contribution in [3.63, 3.8) is 0 Å². The molecule has 0 spiro atoms. The Kier molecular flexibility index (Phi) is 5.36. The van der Waals surface area contributed by atoms with E-state index in [-0.39, 0.29) is 11.5 Å². The Morgan fingerprint density at radius 2 is 1.70 bits per heavy atom. The molecule has 0 aliphatic rings. The number of benzene rings is 3. The average molecular weight is 402 g/mol. The van der Waals surface area contributed by atoms with Gasteiger partial charge in [0.2, 0.25) is 0 Å². The SMILES string of the molecule is COc1ccc2c(c1)c(-c1ccc(C(C)C)cc1)nc(=O)n2Cc1ccc(F)cc1. The highest BCUT2D eigenvalue weighted by atomic mass is 19.1.